The summed E-state index contributed by atoms with van der Waals surface area (Å²) >= 11 is 0. The lowest BCUT2D eigenvalue weighted by atomic mass is 9.93. The molecule has 0 bridgehead atoms. The van der Waals surface area contributed by atoms with Gasteiger partial charge in [-0.25, -0.2) is 38.8 Å². The van der Waals surface area contributed by atoms with E-state index in [2.05, 4.69) is 35.5 Å². The number of aliphatic imine (C=N–C) groups is 2. The molecule has 230 valence electrons. The lowest BCUT2D eigenvalue weighted by molar-refractivity contribution is -0.132. The molecule has 17 nitrogen and oxygen atoms in total. The van der Waals surface area contributed by atoms with Gasteiger partial charge in [-0.05, 0) is 12.8 Å². The predicted molar refractivity (Wildman–Crippen MR) is 141 cm³/mol. The number of aliphatic carboxylic acids is 3. The number of unbranched alkanes of at least 4 members (excludes halogenated alkanes) is 3. The molecule has 0 saturated carbocycles. The number of rotatable bonds is 14. The average molecular weight is 582 g/mol. The summed E-state index contributed by atoms with van der Waals surface area (Å²) in [5.41, 5.74) is 2.92. The molecule has 10 N–H and O–H groups in total. The lowest BCUT2D eigenvalue weighted by Crippen LogP contribution is -2.37. The fourth-order valence-electron chi connectivity index (χ4n) is 1.13. The quantitative estimate of drug-likeness (QED) is 0.0543. The van der Waals surface area contributed by atoms with Gasteiger partial charge in [0.15, 0.2) is 0 Å². The number of carbonyl (C=O) groups excluding carboxylic acids is 2. The van der Waals surface area contributed by atoms with Crippen LogP contribution in [0.15, 0.2) is 47.9 Å². The number of amides is 1. The summed E-state index contributed by atoms with van der Waals surface area (Å²) in [6.07, 6.45) is 7.97. The smallest absolute Gasteiger partial charge is 0.402 e. The SMILES string of the molecule is C=CC(=O)O.C=CC(=O)O.C=CC(=O)O.NC(=O)O.O=C=NCCCCCCN=C=O.OCC(CO)(CO)CO. The highest BCUT2D eigenvalue weighted by molar-refractivity contribution is 5.79. The zero-order valence-corrected chi connectivity index (χ0v) is 21.9. The molecule has 0 fully saturated rings. The van der Waals surface area contributed by atoms with Crippen molar-refractivity contribution < 1.29 is 69.6 Å². The van der Waals surface area contributed by atoms with Crippen molar-refractivity contribution in [2.45, 2.75) is 25.7 Å². The Kier molecular flexibility index (Phi) is 50.5. The zero-order valence-electron chi connectivity index (χ0n) is 21.9. The lowest BCUT2D eigenvalue weighted by Gasteiger charge is -2.23. The third kappa shape index (κ3) is 69.9. The van der Waals surface area contributed by atoms with Crippen molar-refractivity contribution in [1.82, 2.24) is 0 Å². The maximum atomic E-state index is 9.63. The highest BCUT2D eigenvalue weighted by atomic mass is 16.4. The number of primary amides is 1. The molecule has 0 rings (SSSR count). The summed E-state index contributed by atoms with van der Waals surface area (Å²) < 4.78 is 0. The molecule has 0 saturated heterocycles. The standard InChI is InChI=1S/C8H12N2O2.C5H12O4.3C3H4O2.CH3NO2/c11-7-9-5-3-1-2-4-6-10-8-12;6-1-5(2-7,3-8)4-9;3*1-2-3(4)5;2-1(3)4/h1-6H2;6-9H,1-4H2;3*2H,1H2,(H,4,5);2H2,(H,3,4). The molecule has 40 heavy (non-hydrogen) atoms. The highest BCUT2D eigenvalue weighted by Gasteiger charge is 2.26. The van der Waals surface area contributed by atoms with Gasteiger partial charge in [0, 0.05) is 18.2 Å². The van der Waals surface area contributed by atoms with E-state index in [9.17, 15) is 24.0 Å². The van der Waals surface area contributed by atoms with Crippen molar-refractivity contribution in [3.8, 4) is 0 Å². The van der Waals surface area contributed by atoms with Crippen LogP contribution in [-0.2, 0) is 24.0 Å². The second-order valence-electron chi connectivity index (χ2n) is 6.46. The number of aliphatic hydroxyl groups excluding tert-OH is 4. The van der Waals surface area contributed by atoms with Gasteiger partial charge in [-0.1, -0.05) is 32.6 Å². The second kappa shape index (κ2) is 41.6. The molecule has 17 heteroatoms. The van der Waals surface area contributed by atoms with Gasteiger partial charge in [0.2, 0.25) is 12.2 Å². The molecule has 0 spiro atoms. The maximum absolute atomic E-state index is 9.63. The number of aliphatic hydroxyl groups is 4. The number of nitrogens with zero attached hydrogens (tertiary/aromatic N) is 2. The molecule has 0 heterocycles. The number of hydrogen-bond donors (Lipinski definition) is 9. The monoisotopic (exact) mass is 581 g/mol. The van der Waals surface area contributed by atoms with Gasteiger partial charge in [0.25, 0.3) is 0 Å². The van der Waals surface area contributed by atoms with Crippen molar-refractivity contribution in [2.75, 3.05) is 39.5 Å². The fraction of sp³-hybridized carbons (Fsp3) is 0.478. The molecule has 0 aromatic heterocycles. The molecule has 0 aromatic carbocycles. The van der Waals surface area contributed by atoms with Crippen LogP contribution in [0.3, 0.4) is 0 Å². The van der Waals surface area contributed by atoms with E-state index in [-0.39, 0.29) is 0 Å². The topological polar surface area (TPSA) is 315 Å². The van der Waals surface area contributed by atoms with E-state index in [4.69, 9.17) is 45.6 Å². The van der Waals surface area contributed by atoms with Crippen molar-refractivity contribution >= 4 is 36.2 Å². The molecule has 0 radical (unpaired) electrons. The number of nitrogens with two attached hydrogens (primary N) is 1. The van der Waals surface area contributed by atoms with E-state index >= 15 is 0 Å². The highest BCUT2D eigenvalue weighted by Crippen LogP contribution is 2.11. The van der Waals surface area contributed by atoms with E-state index in [0.717, 1.165) is 43.9 Å². The Bertz CT molecular complexity index is 699. The van der Waals surface area contributed by atoms with E-state index < -0.39 is 55.8 Å². The Balaban J connectivity index is -0.0000000916. The van der Waals surface area contributed by atoms with Crippen LogP contribution in [0.5, 0.6) is 0 Å². The van der Waals surface area contributed by atoms with Crippen molar-refractivity contribution in [3.05, 3.63) is 38.0 Å². The first-order valence-corrected chi connectivity index (χ1v) is 10.8. The van der Waals surface area contributed by atoms with E-state index in [1.165, 1.54) is 12.2 Å². The Morgan fingerprint density at radius 3 is 0.925 bits per heavy atom. The molecular formula is C23H39N3O14. The molecule has 0 aliphatic carbocycles. The van der Waals surface area contributed by atoms with Gasteiger partial charge in [-0.2, -0.15) is 0 Å². The predicted octanol–water partition coefficient (Wildman–Crippen LogP) is -0.445. The van der Waals surface area contributed by atoms with Crippen LogP contribution < -0.4 is 5.73 Å². The minimum Gasteiger partial charge on any atom is -0.478 e. The van der Waals surface area contributed by atoms with Gasteiger partial charge in [-0.15, -0.1) is 0 Å². The number of carboxylic acid groups (broad SMARTS) is 4. The van der Waals surface area contributed by atoms with Crippen LogP contribution in [0.4, 0.5) is 4.79 Å². The van der Waals surface area contributed by atoms with Crippen LogP contribution in [0.25, 0.3) is 0 Å². The first kappa shape index (κ1) is 48.6. The first-order chi connectivity index (χ1) is 18.7. The molecule has 1 amide bonds. The molecule has 0 atom stereocenters. The molecule has 0 aromatic rings. The molecular weight excluding hydrogens is 542 g/mol. The van der Waals surface area contributed by atoms with Gasteiger partial charge < -0.3 is 46.6 Å². The normalized spacial score (nSPS) is 8.20. The van der Waals surface area contributed by atoms with E-state index in [1.807, 2.05) is 0 Å². The van der Waals surface area contributed by atoms with Gasteiger partial charge in [-0.3, -0.25) is 0 Å². The van der Waals surface area contributed by atoms with Crippen LogP contribution in [-0.4, -0.2) is 117 Å². The summed E-state index contributed by atoms with van der Waals surface area (Å²) in [6.45, 7) is 8.37. The Morgan fingerprint density at radius 1 is 0.625 bits per heavy atom. The minimum atomic E-state index is -1.33. The van der Waals surface area contributed by atoms with Crippen molar-refractivity contribution in [2.24, 2.45) is 21.1 Å². The molecule has 0 aliphatic rings. The Morgan fingerprint density at radius 2 is 0.825 bits per heavy atom. The summed E-state index contributed by atoms with van der Waals surface area (Å²) in [7, 11) is 0. The number of carboxylic acids is 3. The van der Waals surface area contributed by atoms with Crippen molar-refractivity contribution in [1.29, 1.82) is 0 Å². The second-order valence-corrected chi connectivity index (χ2v) is 6.46. The van der Waals surface area contributed by atoms with Crippen LogP contribution in [0.1, 0.15) is 25.7 Å². The Labute approximate surface area is 230 Å². The zero-order chi connectivity index (χ0) is 32.8. The summed E-state index contributed by atoms with van der Waals surface area (Å²) in [4.78, 5) is 62.6. The van der Waals surface area contributed by atoms with E-state index in [0.29, 0.717) is 13.1 Å². The van der Waals surface area contributed by atoms with Crippen molar-refractivity contribution in [3.63, 3.8) is 0 Å². The average Bonchev–Trinajstić information content (AvgIpc) is 2.93. The molecule has 0 aliphatic heterocycles. The van der Waals surface area contributed by atoms with Gasteiger partial charge >= 0.3 is 24.0 Å². The van der Waals surface area contributed by atoms with Crippen LogP contribution in [0.2, 0.25) is 0 Å². The molecule has 0 unspecified atom stereocenters. The first-order valence-electron chi connectivity index (χ1n) is 10.8. The summed E-state index contributed by atoms with van der Waals surface area (Å²) in [6, 6.07) is 0. The fourth-order valence-corrected chi connectivity index (χ4v) is 1.13. The third-order valence-electron chi connectivity index (χ3n) is 3.28. The third-order valence-corrected chi connectivity index (χ3v) is 3.28. The van der Waals surface area contributed by atoms with Gasteiger partial charge in [0.1, 0.15) is 0 Å². The summed E-state index contributed by atoms with van der Waals surface area (Å²) in [5, 5.41) is 64.0. The number of isocyanates is 2. The van der Waals surface area contributed by atoms with Crippen LogP contribution in [0, 0.1) is 5.41 Å². The minimum absolute atomic E-state index is 0.406. The van der Waals surface area contributed by atoms with Gasteiger partial charge in [0.05, 0.1) is 44.9 Å². The van der Waals surface area contributed by atoms with Crippen LogP contribution >= 0.6 is 0 Å². The Hall–Kier alpha value is -4.50. The maximum Gasteiger partial charge on any atom is 0.402 e. The van der Waals surface area contributed by atoms with E-state index in [1.54, 1.807) is 0 Å². The number of hydrogen-bond acceptors (Lipinski definition) is 12. The number of carbonyl (C=O) groups is 4. The summed E-state index contributed by atoms with van der Waals surface area (Å²) in [5.74, 6) is -2.94. The largest absolute Gasteiger partial charge is 0.478 e.